The van der Waals surface area contributed by atoms with Crippen molar-refractivity contribution in [2.24, 2.45) is 0 Å². The van der Waals surface area contributed by atoms with Gasteiger partial charge >= 0.3 is 0 Å². The van der Waals surface area contributed by atoms with Gasteiger partial charge < -0.3 is 15.2 Å². The molecule has 126 valence electrons. The first-order chi connectivity index (χ1) is 11.2. The van der Waals surface area contributed by atoms with E-state index in [9.17, 15) is 5.11 Å². The maximum Gasteiger partial charge on any atom is 0.134 e. The lowest BCUT2D eigenvalue weighted by Gasteiger charge is -2.15. The third-order valence-corrected chi connectivity index (χ3v) is 4.41. The van der Waals surface area contributed by atoms with Crippen molar-refractivity contribution in [1.82, 2.24) is 15.5 Å². The highest BCUT2D eigenvalue weighted by Gasteiger charge is 2.18. The number of hydrogen-bond donors (Lipinski definition) is 3. The third kappa shape index (κ3) is 3.15. The summed E-state index contributed by atoms with van der Waals surface area (Å²) in [4.78, 5) is 0. The summed E-state index contributed by atoms with van der Waals surface area (Å²) in [6, 6.07) is 9.18. The average Bonchev–Trinajstić information content (AvgIpc) is 3.21. The maximum absolute atomic E-state index is 9.59. The van der Waals surface area contributed by atoms with Gasteiger partial charge in [0.15, 0.2) is 0 Å². The number of ether oxygens (including phenoxy) is 1. The Morgan fingerprint density at radius 2 is 2.08 bits per heavy atom. The molecule has 3 aromatic rings. The van der Waals surface area contributed by atoms with Crippen molar-refractivity contribution < 1.29 is 9.84 Å². The molecule has 3 N–H and O–H groups in total. The molecule has 1 unspecified atom stereocenters. The Morgan fingerprint density at radius 3 is 2.83 bits per heavy atom. The molecule has 24 heavy (non-hydrogen) atoms. The topological polar surface area (TPSA) is 70.2 Å². The second-order valence-electron chi connectivity index (χ2n) is 5.70. The number of aromatic hydroxyl groups is 1. The fourth-order valence-corrected chi connectivity index (χ4v) is 3.06. The molecular formula is C17H17Cl2N3O2. The van der Waals surface area contributed by atoms with Crippen molar-refractivity contribution in [1.29, 1.82) is 0 Å². The number of phenolic OH excluding ortho intramolecular Hbond substituents is 1. The highest BCUT2D eigenvalue weighted by atomic mass is 35.5. The van der Waals surface area contributed by atoms with Crippen molar-refractivity contribution in [3.63, 3.8) is 0 Å². The SMILES string of the molecule is Cl.Oc1ccc(-c2cc(OC3CCNC3)c3cn[nH]c3c2)cc1Cl. The first kappa shape index (κ1) is 16.9. The second-order valence-corrected chi connectivity index (χ2v) is 6.11. The predicted molar refractivity (Wildman–Crippen MR) is 97.4 cm³/mol. The number of aromatic amines is 1. The van der Waals surface area contributed by atoms with Crippen molar-refractivity contribution >= 4 is 34.9 Å². The second kappa shape index (κ2) is 6.89. The van der Waals surface area contributed by atoms with Crippen LogP contribution >= 0.6 is 24.0 Å². The van der Waals surface area contributed by atoms with Crippen LogP contribution < -0.4 is 10.1 Å². The zero-order valence-electron chi connectivity index (χ0n) is 12.8. The van der Waals surface area contributed by atoms with Crippen LogP contribution in [0, 0.1) is 0 Å². The Balaban J connectivity index is 0.00000169. The number of nitrogens with zero attached hydrogens (tertiary/aromatic N) is 1. The first-order valence-electron chi connectivity index (χ1n) is 7.54. The van der Waals surface area contributed by atoms with Crippen molar-refractivity contribution in [2.45, 2.75) is 12.5 Å². The van der Waals surface area contributed by atoms with Gasteiger partial charge in [0.25, 0.3) is 0 Å². The minimum absolute atomic E-state index is 0. The average molecular weight is 366 g/mol. The zero-order chi connectivity index (χ0) is 15.8. The van der Waals surface area contributed by atoms with E-state index in [1.165, 1.54) is 0 Å². The van der Waals surface area contributed by atoms with Gasteiger partial charge in [-0.3, -0.25) is 5.10 Å². The van der Waals surface area contributed by atoms with Crippen LogP contribution in [0.5, 0.6) is 11.5 Å². The summed E-state index contributed by atoms with van der Waals surface area (Å²) in [5.41, 5.74) is 2.79. The van der Waals surface area contributed by atoms with Gasteiger partial charge in [0, 0.05) is 6.54 Å². The summed E-state index contributed by atoms with van der Waals surface area (Å²) in [5.74, 6) is 0.885. The smallest absolute Gasteiger partial charge is 0.134 e. The third-order valence-electron chi connectivity index (χ3n) is 4.11. The zero-order valence-corrected chi connectivity index (χ0v) is 14.3. The van der Waals surface area contributed by atoms with Crippen LogP contribution in [0.4, 0.5) is 0 Å². The molecule has 1 atom stereocenters. The van der Waals surface area contributed by atoms with Crippen LogP contribution in [0.2, 0.25) is 5.02 Å². The molecule has 1 aromatic heterocycles. The largest absolute Gasteiger partial charge is 0.506 e. The van der Waals surface area contributed by atoms with Gasteiger partial charge in [0.1, 0.15) is 17.6 Å². The summed E-state index contributed by atoms with van der Waals surface area (Å²) >= 11 is 6.03. The van der Waals surface area contributed by atoms with Gasteiger partial charge in [-0.25, -0.2) is 0 Å². The van der Waals surface area contributed by atoms with Crippen LogP contribution in [-0.2, 0) is 0 Å². The summed E-state index contributed by atoms with van der Waals surface area (Å²) < 4.78 is 6.16. The van der Waals surface area contributed by atoms with Gasteiger partial charge in [-0.15, -0.1) is 12.4 Å². The number of rotatable bonds is 3. The van der Waals surface area contributed by atoms with Crippen molar-refractivity contribution in [2.75, 3.05) is 13.1 Å². The molecule has 5 nitrogen and oxygen atoms in total. The van der Waals surface area contributed by atoms with Crippen molar-refractivity contribution in [3.8, 4) is 22.6 Å². The van der Waals surface area contributed by atoms with E-state index in [0.29, 0.717) is 5.02 Å². The number of benzene rings is 2. The number of hydrogen-bond acceptors (Lipinski definition) is 4. The Bertz CT molecular complexity index is 860. The lowest BCUT2D eigenvalue weighted by atomic mass is 10.0. The number of H-pyrrole nitrogens is 1. The van der Waals surface area contributed by atoms with Gasteiger partial charge in [-0.1, -0.05) is 17.7 Å². The molecule has 4 rings (SSSR count). The summed E-state index contributed by atoms with van der Waals surface area (Å²) in [5, 5.41) is 21.3. The van der Waals surface area contributed by atoms with Crippen molar-refractivity contribution in [3.05, 3.63) is 41.6 Å². The standard InChI is InChI=1S/C17H16ClN3O2.ClH/c18-14-5-10(1-2-16(14)22)11-6-15-13(9-20-21-15)17(7-11)23-12-3-4-19-8-12;/h1-2,5-7,9,12,19,22H,3-4,8H2,(H,20,21);1H. The molecule has 0 spiro atoms. The first-order valence-corrected chi connectivity index (χ1v) is 7.92. The Labute approximate surface area is 150 Å². The minimum Gasteiger partial charge on any atom is -0.506 e. The summed E-state index contributed by atoms with van der Waals surface area (Å²) in [7, 11) is 0. The Morgan fingerprint density at radius 1 is 1.21 bits per heavy atom. The van der Waals surface area contributed by atoms with Crippen LogP contribution in [0.3, 0.4) is 0 Å². The minimum atomic E-state index is 0. The fraction of sp³-hybridized carbons (Fsp3) is 0.235. The van der Waals surface area contributed by atoms with E-state index < -0.39 is 0 Å². The Hall–Kier alpha value is -1.95. The quantitative estimate of drug-likeness (QED) is 0.660. The summed E-state index contributed by atoms with van der Waals surface area (Å²) in [6.45, 7) is 1.83. The van der Waals surface area contributed by atoms with E-state index in [1.54, 1.807) is 18.3 Å². The number of fused-ring (bicyclic) bond motifs is 1. The van der Waals surface area contributed by atoms with Gasteiger partial charge in [0.05, 0.1) is 22.1 Å². The van der Waals surface area contributed by atoms with Gasteiger partial charge in [0.2, 0.25) is 0 Å². The number of phenols is 1. The number of aromatic nitrogens is 2. The molecule has 0 radical (unpaired) electrons. The maximum atomic E-state index is 9.59. The number of halogens is 2. The molecule has 7 heteroatoms. The molecule has 0 amide bonds. The monoisotopic (exact) mass is 365 g/mol. The Kier molecular flexibility index (Phi) is 4.85. The van der Waals surface area contributed by atoms with Crippen LogP contribution in [0.15, 0.2) is 36.5 Å². The molecule has 0 bridgehead atoms. The molecule has 0 saturated carbocycles. The van der Waals surface area contributed by atoms with Gasteiger partial charge in [-0.05, 0) is 48.4 Å². The van der Waals surface area contributed by atoms with E-state index in [-0.39, 0.29) is 24.3 Å². The van der Waals surface area contributed by atoms with E-state index in [0.717, 1.165) is 47.3 Å². The normalized spacial score (nSPS) is 17.0. The van der Waals surface area contributed by atoms with E-state index in [2.05, 4.69) is 15.5 Å². The van der Waals surface area contributed by atoms with E-state index >= 15 is 0 Å². The molecule has 2 aromatic carbocycles. The molecule has 1 aliphatic heterocycles. The molecule has 1 aliphatic rings. The van der Waals surface area contributed by atoms with E-state index in [4.69, 9.17) is 16.3 Å². The molecule has 2 heterocycles. The lowest BCUT2D eigenvalue weighted by Crippen LogP contribution is -2.19. The van der Waals surface area contributed by atoms with E-state index in [1.807, 2.05) is 18.2 Å². The highest BCUT2D eigenvalue weighted by molar-refractivity contribution is 6.32. The van der Waals surface area contributed by atoms with Crippen LogP contribution in [0.1, 0.15) is 6.42 Å². The van der Waals surface area contributed by atoms with Crippen LogP contribution in [0.25, 0.3) is 22.0 Å². The number of nitrogens with one attached hydrogen (secondary N) is 2. The molecule has 1 saturated heterocycles. The molecular weight excluding hydrogens is 349 g/mol. The van der Waals surface area contributed by atoms with Crippen LogP contribution in [-0.4, -0.2) is 34.5 Å². The molecule has 0 aliphatic carbocycles. The highest BCUT2D eigenvalue weighted by Crippen LogP contribution is 2.35. The fourth-order valence-electron chi connectivity index (χ4n) is 2.88. The predicted octanol–water partition coefficient (Wildman–Crippen LogP) is 3.75. The van der Waals surface area contributed by atoms with Gasteiger partial charge in [-0.2, -0.15) is 5.10 Å². The summed E-state index contributed by atoms with van der Waals surface area (Å²) in [6.07, 6.45) is 2.95. The molecule has 1 fully saturated rings. The lowest BCUT2D eigenvalue weighted by molar-refractivity contribution is 0.226.